The molecule has 2 atom stereocenters. The number of aliphatic hydroxyl groups excluding tert-OH is 1. The van der Waals surface area contributed by atoms with Gasteiger partial charge < -0.3 is 5.11 Å². The molecule has 0 aromatic carbocycles. The number of aliphatic hydroxyl groups is 1. The van der Waals surface area contributed by atoms with Gasteiger partial charge in [0.15, 0.2) is 0 Å². The van der Waals surface area contributed by atoms with Crippen molar-refractivity contribution in [2.75, 3.05) is 0 Å². The highest BCUT2D eigenvalue weighted by Gasteiger charge is 2.20. The fourth-order valence-corrected chi connectivity index (χ4v) is 3.27. The van der Waals surface area contributed by atoms with Crippen molar-refractivity contribution in [3.8, 4) is 0 Å². The van der Waals surface area contributed by atoms with Crippen LogP contribution in [0.1, 0.15) is 70.5 Å². The van der Waals surface area contributed by atoms with E-state index >= 15 is 0 Å². The smallest absolute Gasteiger partial charge is 0.0627 e. The van der Waals surface area contributed by atoms with Crippen LogP contribution in [-0.2, 0) is 6.42 Å². The van der Waals surface area contributed by atoms with Crippen LogP contribution in [0.15, 0.2) is 12.3 Å². The number of nitrogens with zero attached hydrogens (tertiary/aromatic N) is 2. The Morgan fingerprint density at radius 3 is 2.79 bits per heavy atom. The van der Waals surface area contributed by atoms with Gasteiger partial charge in [-0.3, -0.25) is 4.68 Å². The molecule has 0 bridgehead atoms. The summed E-state index contributed by atoms with van der Waals surface area (Å²) in [6.07, 6.45) is 11.0. The number of aromatic nitrogens is 2. The predicted molar refractivity (Wildman–Crippen MR) is 78.1 cm³/mol. The van der Waals surface area contributed by atoms with Crippen LogP contribution in [0.3, 0.4) is 0 Å². The zero-order valence-electron chi connectivity index (χ0n) is 12.4. The molecule has 3 heteroatoms. The lowest BCUT2D eigenvalue weighted by Crippen LogP contribution is -2.13. The van der Waals surface area contributed by atoms with E-state index in [0.717, 1.165) is 32.1 Å². The predicted octanol–water partition coefficient (Wildman–Crippen LogP) is 3.73. The Morgan fingerprint density at radius 1 is 1.32 bits per heavy atom. The average Bonchev–Trinajstić information content (AvgIpc) is 2.74. The summed E-state index contributed by atoms with van der Waals surface area (Å²) >= 11 is 0. The lowest BCUT2D eigenvalue weighted by Gasteiger charge is -2.15. The Labute approximate surface area is 117 Å². The third-order valence-electron chi connectivity index (χ3n) is 4.48. The SMILES string of the molecule is CCC(CC)n1ccc(CC2CCCCC(O)C2)n1. The molecule has 108 valence electrons. The standard InChI is InChI=1S/C16H28N2O/c1-3-15(4-2)18-10-9-14(17-18)11-13-7-5-6-8-16(19)12-13/h9-10,13,15-16,19H,3-8,11-12H2,1-2H3. The van der Waals surface area contributed by atoms with E-state index in [0.29, 0.717) is 12.0 Å². The molecule has 1 aliphatic carbocycles. The van der Waals surface area contributed by atoms with Gasteiger partial charge in [0.2, 0.25) is 0 Å². The van der Waals surface area contributed by atoms with Crippen molar-refractivity contribution in [1.29, 1.82) is 0 Å². The quantitative estimate of drug-likeness (QED) is 0.823. The van der Waals surface area contributed by atoms with Crippen molar-refractivity contribution < 1.29 is 5.11 Å². The zero-order valence-corrected chi connectivity index (χ0v) is 12.4. The maximum Gasteiger partial charge on any atom is 0.0627 e. The molecule has 0 radical (unpaired) electrons. The lowest BCUT2D eigenvalue weighted by atomic mass is 9.94. The number of rotatable bonds is 5. The number of hydrogen-bond donors (Lipinski definition) is 1. The molecule has 1 fully saturated rings. The van der Waals surface area contributed by atoms with Gasteiger partial charge in [0, 0.05) is 6.20 Å². The van der Waals surface area contributed by atoms with Crippen LogP contribution in [0.2, 0.25) is 0 Å². The van der Waals surface area contributed by atoms with Crippen LogP contribution in [0.5, 0.6) is 0 Å². The first-order valence-corrected chi connectivity index (χ1v) is 7.95. The van der Waals surface area contributed by atoms with Gasteiger partial charge in [-0.25, -0.2) is 0 Å². The normalized spacial score (nSPS) is 24.6. The second-order valence-corrected chi connectivity index (χ2v) is 6.00. The van der Waals surface area contributed by atoms with Crippen LogP contribution in [0.4, 0.5) is 0 Å². The van der Waals surface area contributed by atoms with Crippen molar-refractivity contribution in [1.82, 2.24) is 9.78 Å². The molecule has 1 aliphatic rings. The van der Waals surface area contributed by atoms with Crippen LogP contribution < -0.4 is 0 Å². The highest BCUT2D eigenvalue weighted by Crippen LogP contribution is 2.26. The molecule has 0 saturated heterocycles. The molecule has 1 saturated carbocycles. The fourth-order valence-electron chi connectivity index (χ4n) is 3.27. The van der Waals surface area contributed by atoms with Crippen LogP contribution in [0.25, 0.3) is 0 Å². The van der Waals surface area contributed by atoms with Crippen LogP contribution in [0, 0.1) is 5.92 Å². The summed E-state index contributed by atoms with van der Waals surface area (Å²) in [5.74, 6) is 0.613. The second-order valence-electron chi connectivity index (χ2n) is 6.00. The van der Waals surface area contributed by atoms with Gasteiger partial charge in [-0.1, -0.05) is 26.7 Å². The summed E-state index contributed by atoms with van der Waals surface area (Å²) in [7, 11) is 0. The first-order valence-electron chi connectivity index (χ1n) is 7.95. The van der Waals surface area contributed by atoms with Crippen LogP contribution >= 0.6 is 0 Å². The molecule has 0 amide bonds. The zero-order chi connectivity index (χ0) is 13.7. The van der Waals surface area contributed by atoms with Gasteiger partial charge in [0.05, 0.1) is 17.8 Å². The first kappa shape index (κ1) is 14.6. The molecule has 2 unspecified atom stereocenters. The lowest BCUT2D eigenvalue weighted by molar-refractivity contribution is 0.141. The molecule has 3 nitrogen and oxygen atoms in total. The van der Waals surface area contributed by atoms with Crippen molar-refractivity contribution in [2.24, 2.45) is 5.92 Å². The second kappa shape index (κ2) is 7.09. The van der Waals surface area contributed by atoms with E-state index in [2.05, 4.69) is 30.8 Å². The van der Waals surface area contributed by atoms with E-state index in [-0.39, 0.29) is 6.10 Å². The van der Waals surface area contributed by atoms with Gasteiger partial charge in [0.1, 0.15) is 0 Å². The van der Waals surface area contributed by atoms with E-state index in [4.69, 9.17) is 5.10 Å². The summed E-state index contributed by atoms with van der Waals surface area (Å²) in [6.45, 7) is 4.44. The molecule has 2 rings (SSSR count). The van der Waals surface area contributed by atoms with Crippen molar-refractivity contribution in [2.45, 2.75) is 77.4 Å². The molecule has 1 aromatic heterocycles. The minimum atomic E-state index is -0.0892. The van der Waals surface area contributed by atoms with Gasteiger partial charge in [-0.2, -0.15) is 5.10 Å². The summed E-state index contributed by atoms with van der Waals surface area (Å²) in [5, 5.41) is 14.6. The Hall–Kier alpha value is -0.830. The monoisotopic (exact) mass is 264 g/mol. The van der Waals surface area contributed by atoms with Gasteiger partial charge in [-0.05, 0) is 50.5 Å². The summed E-state index contributed by atoms with van der Waals surface area (Å²) in [4.78, 5) is 0. The Bertz CT molecular complexity index is 371. The largest absolute Gasteiger partial charge is 0.393 e. The molecule has 1 heterocycles. The third kappa shape index (κ3) is 4.07. The molecular formula is C16H28N2O. The molecular weight excluding hydrogens is 236 g/mol. The maximum absolute atomic E-state index is 9.88. The first-order chi connectivity index (χ1) is 9.22. The Morgan fingerprint density at radius 2 is 2.05 bits per heavy atom. The van der Waals surface area contributed by atoms with Gasteiger partial charge in [-0.15, -0.1) is 0 Å². The highest BCUT2D eigenvalue weighted by molar-refractivity contribution is 5.01. The summed E-state index contributed by atoms with van der Waals surface area (Å²) < 4.78 is 2.13. The average molecular weight is 264 g/mol. The van der Waals surface area contributed by atoms with Crippen LogP contribution in [-0.4, -0.2) is 21.0 Å². The van der Waals surface area contributed by atoms with Gasteiger partial charge >= 0.3 is 0 Å². The van der Waals surface area contributed by atoms with E-state index in [1.165, 1.54) is 25.0 Å². The maximum atomic E-state index is 9.88. The van der Waals surface area contributed by atoms with E-state index < -0.39 is 0 Å². The summed E-state index contributed by atoms with van der Waals surface area (Å²) in [5.41, 5.74) is 1.20. The number of hydrogen-bond acceptors (Lipinski definition) is 2. The van der Waals surface area contributed by atoms with Gasteiger partial charge in [0.25, 0.3) is 0 Å². The van der Waals surface area contributed by atoms with Crippen molar-refractivity contribution in [3.63, 3.8) is 0 Å². The fraction of sp³-hybridized carbons (Fsp3) is 0.812. The molecule has 1 aromatic rings. The molecule has 1 N–H and O–H groups in total. The van der Waals surface area contributed by atoms with E-state index in [9.17, 15) is 5.11 Å². The highest BCUT2D eigenvalue weighted by atomic mass is 16.3. The van der Waals surface area contributed by atoms with E-state index in [1.54, 1.807) is 0 Å². The Kier molecular flexibility index (Phi) is 5.44. The summed E-state index contributed by atoms with van der Waals surface area (Å²) in [6, 6.07) is 2.70. The van der Waals surface area contributed by atoms with Crippen molar-refractivity contribution in [3.05, 3.63) is 18.0 Å². The minimum Gasteiger partial charge on any atom is -0.393 e. The Balaban J connectivity index is 1.95. The topological polar surface area (TPSA) is 38.0 Å². The molecule has 0 spiro atoms. The van der Waals surface area contributed by atoms with E-state index in [1.807, 2.05) is 0 Å². The molecule has 0 aliphatic heterocycles. The third-order valence-corrected chi connectivity index (χ3v) is 4.48. The minimum absolute atomic E-state index is 0.0892. The van der Waals surface area contributed by atoms with Crippen molar-refractivity contribution >= 4 is 0 Å². The molecule has 19 heavy (non-hydrogen) atoms.